The summed E-state index contributed by atoms with van der Waals surface area (Å²) >= 11 is 0. The molecule has 0 atom stereocenters. The molecule has 0 fully saturated rings. The Labute approximate surface area is 187 Å². The number of rotatable bonds is 3. The molecule has 0 aliphatic rings. The van der Waals surface area contributed by atoms with Crippen molar-refractivity contribution in [2.24, 2.45) is 0 Å². The number of pyridine rings is 2. The number of ether oxygens (including phenoxy) is 2. The lowest BCUT2D eigenvalue weighted by molar-refractivity contribution is 0.414. The van der Waals surface area contributed by atoms with Crippen molar-refractivity contribution in [1.29, 1.82) is 0 Å². The highest BCUT2D eigenvalue weighted by molar-refractivity contribution is 5.56. The van der Waals surface area contributed by atoms with E-state index >= 15 is 0 Å². The molecule has 0 saturated carbocycles. The maximum atomic E-state index is 5.16. The van der Waals surface area contributed by atoms with Gasteiger partial charge in [-0.1, -0.05) is 23.7 Å². The van der Waals surface area contributed by atoms with Crippen LogP contribution < -0.4 is 9.47 Å². The van der Waals surface area contributed by atoms with E-state index in [9.17, 15) is 0 Å². The van der Waals surface area contributed by atoms with Crippen LogP contribution in [0.25, 0.3) is 11.4 Å². The average Bonchev–Trinajstić information content (AvgIpc) is 2.87. The van der Waals surface area contributed by atoms with Crippen LogP contribution in [0.4, 0.5) is 0 Å². The Hall–Kier alpha value is -4.54. The van der Waals surface area contributed by atoms with E-state index in [1.54, 1.807) is 26.6 Å². The number of hydrogen-bond donors (Lipinski definition) is 0. The van der Waals surface area contributed by atoms with Crippen LogP contribution >= 0.6 is 0 Å². The van der Waals surface area contributed by atoms with Crippen LogP contribution in [-0.4, -0.2) is 24.2 Å². The Morgan fingerprint density at radius 3 is 1.12 bits per heavy atom. The van der Waals surface area contributed by atoms with Crippen LogP contribution in [0.5, 0.6) is 11.5 Å². The van der Waals surface area contributed by atoms with E-state index in [4.69, 9.17) is 9.47 Å². The van der Waals surface area contributed by atoms with Gasteiger partial charge in [0, 0.05) is 34.6 Å². The number of methoxy groups -OCH3 is 2. The molecule has 2 aromatic carbocycles. The van der Waals surface area contributed by atoms with E-state index in [1.807, 2.05) is 72.8 Å². The normalized spacial score (nSPS) is 9.69. The van der Waals surface area contributed by atoms with Crippen molar-refractivity contribution >= 4 is 0 Å². The quantitative estimate of drug-likeness (QED) is 0.443. The molecule has 0 unspecified atom stereocenters. The second-order valence-electron chi connectivity index (χ2n) is 6.82. The van der Waals surface area contributed by atoms with Gasteiger partial charge in [0.05, 0.1) is 25.6 Å². The predicted molar refractivity (Wildman–Crippen MR) is 125 cm³/mol. The van der Waals surface area contributed by atoms with E-state index in [1.165, 1.54) is 0 Å². The first-order valence-electron chi connectivity index (χ1n) is 9.98. The minimum absolute atomic E-state index is 0.787. The summed E-state index contributed by atoms with van der Waals surface area (Å²) in [5.74, 6) is 14.1. The molecule has 0 radical (unpaired) electrons. The highest BCUT2D eigenvalue weighted by atomic mass is 16.5. The highest BCUT2D eigenvalue weighted by Crippen LogP contribution is 2.15. The van der Waals surface area contributed by atoms with Crippen LogP contribution in [-0.2, 0) is 0 Å². The van der Waals surface area contributed by atoms with Crippen molar-refractivity contribution in [2.75, 3.05) is 14.2 Å². The summed E-state index contributed by atoms with van der Waals surface area (Å²) in [6.07, 6.45) is 3.51. The first kappa shape index (κ1) is 20.7. The second-order valence-corrected chi connectivity index (χ2v) is 6.82. The molecular formula is C28H20N2O2. The Bertz CT molecular complexity index is 1200. The molecule has 0 amide bonds. The third-order valence-corrected chi connectivity index (χ3v) is 4.67. The SMILES string of the molecule is COc1ccc(C#Cc2ccc(-c3ccc(C#Cc4ccc(OC)cc4)cn3)nc2)cc1. The molecular weight excluding hydrogens is 396 g/mol. The molecule has 2 aromatic heterocycles. The smallest absolute Gasteiger partial charge is 0.118 e. The topological polar surface area (TPSA) is 44.2 Å². The van der Waals surface area contributed by atoms with E-state index in [2.05, 4.69) is 33.6 Å². The number of hydrogen-bond acceptors (Lipinski definition) is 4. The molecule has 32 heavy (non-hydrogen) atoms. The first-order valence-corrected chi connectivity index (χ1v) is 9.98. The molecule has 4 aromatic rings. The molecule has 0 aliphatic carbocycles. The number of benzene rings is 2. The van der Waals surface area contributed by atoms with Gasteiger partial charge in [-0.15, -0.1) is 0 Å². The van der Waals surface area contributed by atoms with Crippen LogP contribution in [0.15, 0.2) is 85.2 Å². The predicted octanol–water partition coefficient (Wildman–Crippen LogP) is 4.96. The minimum Gasteiger partial charge on any atom is -0.497 e. The van der Waals surface area contributed by atoms with Gasteiger partial charge in [-0.25, -0.2) is 0 Å². The molecule has 4 rings (SSSR count). The van der Waals surface area contributed by atoms with Gasteiger partial charge in [0.2, 0.25) is 0 Å². The van der Waals surface area contributed by atoms with Crippen molar-refractivity contribution in [1.82, 2.24) is 9.97 Å². The second kappa shape index (κ2) is 9.98. The summed E-state index contributed by atoms with van der Waals surface area (Å²) in [5.41, 5.74) is 5.09. The van der Waals surface area contributed by atoms with Gasteiger partial charge in [-0.2, -0.15) is 0 Å². The molecule has 0 N–H and O–H groups in total. The Balaban J connectivity index is 1.43. The van der Waals surface area contributed by atoms with Crippen LogP contribution in [0.1, 0.15) is 22.3 Å². The summed E-state index contributed by atoms with van der Waals surface area (Å²) in [6, 6.07) is 23.0. The van der Waals surface area contributed by atoms with Crippen LogP contribution in [0.2, 0.25) is 0 Å². The zero-order valence-corrected chi connectivity index (χ0v) is 17.8. The fraction of sp³-hybridized carbons (Fsp3) is 0.0714. The molecule has 4 nitrogen and oxygen atoms in total. The maximum absolute atomic E-state index is 5.16. The van der Waals surface area contributed by atoms with Gasteiger partial charge in [0.25, 0.3) is 0 Å². The van der Waals surface area contributed by atoms with E-state index < -0.39 is 0 Å². The van der Waals surface area contributed by atoms with Crippen molar-refractivity contribution in [3.05, 3.63) is 107 Å². The van der Waals surface area contributed by atoms with Crippen LogP contribution in [0, 0.1) is 23.7 Å². The molecule has 0 spiro atoms. The Morgan fingerprint density at radius 2 is 0.812 bits per heavy atom. The summed E-state index contributed by atoms with van der Waals surface area (Å²) in [6.45, 7) is 0. The first-order chi connectivity index (χ1) is 15.7. The zero-order valence-electron chi connectivity index (χ0n) is 17.8. The van der Waals surface area contributed by atoms with E-state index in [-0.39, 0.29) is 0 Å². The Morgan fingerprint density at radius 1 is 0.469 bits per heavy atom. The van der Waals surface area contributed by atoms with Gasteiger partial charge in [-0.05, 0) is 72.8 Å². The molecule has 0 aliphatic heterocycles. The lowest BCUT2D eigenvalue weighted by atomic mass is 10.1. The summed E-state index contributed by atoms with van der Waals surface area (Å²) < 4.78 is 10.3. The fourth-order valence-electron chi connectivity index (χ4n) is 2.88. The molecule has 4 heteroatoms. The zero-order chi connectivity index (χ0) is 22.2. The third-order valence-electron chi connectivity index (χ3n) is 4.67. The lowest BCUT2D eigenvalue weighted by Gasteiger charge is -2.00. The summed E-state index contributed by atoms with van der Waals surface area (Å²) in [7, 11) is 3.29. The standard InChI is InChI=1S/C28H20N2O2/c1-31-25-13-7-21(8-14-25)3-5-23-11-17-27(29-19-23)28-18-12-24(20-30-28)6-4-22-9-15-26(32-2)16-10-22/h7-20H,1-2H3. The van der Waals surface area contributed by atoms with Crippen molar-refractivity contribution < 1.29 is 9.47 Å². The lowest BCUT2D eigenvalue weighted by Crippen LogP contribution is -1.89. The van der Waals surface area contributed by atoms with Gasteiger partial charge < -0.3 is 9.47 Å². The van der Waals surface area contributed by atoms with E-state index in [0.717, 1.165) is 45.1 Å². The summed E-state index contributed by atoms with van der Waals surface area (Å²) in [5, 5.41) is 0. The monoisotopic (exact) mass is 416 g/mol. The van der Waals surface area contributed by atoms with Crippen LogP contribution in [0.3, 0.4) is 0 Å². The number of aromatic nitrogens is 2. The fourth-order valence-corrected chi connectivity index (χ4v) is 2.88. The molecule has 0 bridgehead atoms. The summed E-state index contributed by atoms with van der Waals surface area (Å²) in [4.78, 5) is 8.99. The van der Waals surface area contributed by atoms with Crippen molar-refractivity contribution in [3.63, 3.8) is 0 Å². The highest BCUT2D eigenvalue weighted by Gasteiger charge is 2.01. The van der Waals surface area contributed by atoms with Crippen molar-refractivity contribution in [3.8, 4) is 46.6 Å². The van der Waals surface area contributed by atoms with Crippen molar-refractivity contribution in [2.45, 2.75) is 0 Å². The number of nitrogens with zero attached hydrogens (tertiary/aromatic N) is 2. The minimum atomic E-state index is 0.787. The van der Waals surface area contributed by atoms with Gasteiger partial charge in [0.15, 0.2) is 0 Å². The van der Waals surface area contributed by atoms with Gasteiger partial charge >= 0.3 is 0 Å². The largest absolute Gasteiger partial charge is 0.497 e. The molecule has 2 heterocycles. The maximum Gasteiger partial charge on any atom is 0.118 e. The molecule has 0 saturated heterocycles. The Kier molecular flexibility index (Phi) is 6.46. The van der Waals surface area contributed by atoms with Gasteiger partial charge in [-0.3, -0.25) is 9.97 Å². The van der Waals surface area contributed by atoms with E-state index in [0.29, 0.717) is 0 Å². The van der Waals surface area contributed by atoms with Gasteiger partial charge in [0.1, 0.15) is 11.5 Å². The average molecular weight is 416 g/mol. The third kappa shape index (κ3) is 5.33. The molecule has 154 valence electrons.